The minimum absolute atomic E-state index is 0. The zero-order chi connectivity index (χ0) is 8.36. The summed E-state index contributed by atoms with van der Waals surface area (Å²) in [7, 11) is 1.63. The molecule has 0 radical (unpaired) electrons. The molecule has 0 saturated heterocycles. The number of hydrogen-bond acceptors (Lipinski definition) is 4. The van der Waals surface area contributed by atoms with Crippen LogP contribution in [0.15, 0.2) is 0 Å². The zero-order valence-corrected chi connectivity index (χ0v) is 7.41. The predicted octanol–water partition coefficient (Wildman–Crippen LogP) is -1.17. The van der Waals surface area contributed by atoms with Crippen molar-refractivity contribution in [2.24, 2.45) is 0 Å². The fourth-order valence-electron chi connectivity index (χ4n) is 0.529. The van der Waals surface area contributed by atoms with E-state index in [0.29, 0.717) is 33.0 Å². The van der Waals surface area contributed by atoms with Crippen molar-refractivity contribution in [3.63, 3.8) is 0 Å². The summed E-state index contributed by atoms with van der Waals surface area (Å²) in [6.07, 6.45) is 0. The molecule has 0 aliphatic carbocycles. The van der Waals surface area contributed by atoms with Crippen molar-refractivity contribution >= 4 is 0 Å². The molecule has 0 unspecified atom stereocenters. The molecule has 0 aliphatic rings. The summed E-state index contributed by atoms with van der Waals surface area (Å²) in [4.78, 5) is 0. The number of aliphatic hydroxyl groups is 1. The number of aliphatic hydroxyl groups excluding tert-OH is 1. The van der Waals surface area contributed by atoms with Crippen molar-refractivity contribution in [3.8, 4) is 0 Å². The first-order chi connectivity index (χ1) is 5.41. The molecule has 0 aromatic carbocycles. The molecule has 5 nitrogen and oxygen atoms in total. The topological polar surface area (TPSA) is 79.4 Å². The molecule has 12 heavy (non-hydrogen) atoms. The van der Waals surface area contributed by atoms with Gasteiger partial charge in [-0.3, -0.25) is 0 Å². The molecule has 0 spiro atoms. The lowest BCUT2D eigenvalue weighted by molar-refractivity contribution is 0.0159. The fraction of sp³-hybridized carbons (Fsp3) is 1.00. The summed E-state index contributed by atoms with van der Waals surface area (Å²) in [6, 6.07) is 0. The number of methoxy groups -OCH3 is 1. The van der Waals surface area contributed by atoms with Crippen molar-refractivity contribution in [1.29, 1.82) is 0 Å². The van der Waals surface area contributed by atoms with E-state index in [9.17, 15) is 0 Å². The largest absolute Gasteiger partial charge is 0.412 e. The van der Waals surface area contributed by atoms with E-state index in [4.69, 9.17) is 19.3 Å². The Morgan fingerprint density at radius 2 is 1.42 bits per heavy atom. The third-order valence-electron chi connectivity index (χ3n) is 1.04. The lowest BCUT2D eigenvalue weighted by atomic mass is 10.7. The molecule has 0 amide bonds. The second-order valence-corrected chi connectivity index (χ2v) is 1.94. The quantitative estimate of drug-likeness (QED) is 0.480. The third-order valence-corrected chi connectivity index (χ3v) is 1.04. The monoisotopic (exact) mass is 182 g/mol. The maximum Gasteiger partial charge on any atom is 0.0701 e. The highest BCUT2D eigenvalue weighted by Gasteiger charge is 1.87. The molecule has 0 fully saturated rings. The van der Waals surface area contributed by atoms with Crippen LogP contribution in [0.3, 0.4) is 0 Å². The molecular formula is C7H18O5. The van der Waals surface area contributed by atoms with E-state index in [2.05, 4.69) is 0 Å². The second-order valence-electron chi connectivity index (χ2n) is 1.94. The Hall–Kier alpha value is -0.200. The molecule has 0 atom stereocenters. The molecule has 0 heterocycles. The number of hydrogen-bond donors (Lipinski definition) is 1. The summed E-state index contributed by atoms with van der Waals surface area (Å²) in [6.45, 7) is 2.75. The molecule has 0 bridgehead atoms. The highest BCUT2D eigenvalue weighted by atomic mass is 16.5. The van der Waals surface area contributed by atoms with Crippen molar-refractivity contribution in [2.45, 2.75) is 0 Å². The van der Waals surface area contributed by atoms with E-state index in [0.717, 1.165) is 0 Å². The smallest absolute Gasteiger partial charge is 0.0701 e. The van der Waals surface area contributed by atoms with E-state index in [-0.39, 0.29) is 12.1 Å². The maximum absolute atomic E-state index is 8.32. The Morgan fingerprint density at radius 1 is 0.917 bits per heavy atom. The summed E-state index contributed by atoms with van der Waals surface area (Å²) < 4.78 is 14.8. The van der Waals surface area contributed by atoms with E-state index in [1.807, 2.05) is 0 Å². The van der Waals surface area contributed by atoms with Crippen LogP contribution in [0.4, 0.5) is 0 Å². The first-order valence-corrected chi connectivity index (χ1v) is 3.67. The summed E-state index contributed by atoms with van der Waals surface area (Å²) >= 11 is 0. The van der Waals surface area contributed by atoms with Crippen LogP contribution in [0.1, 0.15) is 0 Å². The SMILES string of the molecule is COCCOCCOCCO.O. The van der Waals surface area contributed by atoms with Crippen LogP contribution >= 0.6 is 0 Å². The van der Waals surface area contributed by atoms with Gasteiger partial charge >= 0.3 is 0 Å². The Balaban J connectivity index is 0. The molecule has 0 aromatic heterocycles. The van der Waals surface area contributed by atoms with Crippen molar-refractivity contribution in [2.75, 3.05) is 46.8 Å². The minimum Gasteiger partial charge on any atom is -0.412 e. The predicted molar refractivity (Wildman–Crippen MR) is 44.2 cm³/mol. The van der Waals surface area contributed by atoms with Gasteiger partial charge in [0.15, 0.2) is 0 Å². The standard InChI is InChI=1S/C7H16O4.H2O/c1-9-4-5-11-7-6-10-3-2-8;/h8H,2-7H2,1H3;1H2. The molecule has 0 rings (SSSR count). The first kappa shape index (κ1) is 14.3. The average molecular weight is 182 g/mol. The Labute approximate surface area is 72.5 Å². The Morgan fingerprint density at radius 3 is 1.92 bits per heavy atom. The van der Waals surface area contributed by atoms with Gasteiger partial charge in [-0.1, -0.05) is 0 Å². The summed E-state index contributed by atoms with van der Waals surface area (Å²) in [5.74, 6) is 0. The van der Waals surface area contributed by atoms with Crippen molar-refractivity contribution in [1.82, 2.24) is 0 Å². The number of ether oxygens (including phenoxy) is 3. The Bertz CT molecular complexity index is 60.8. The van der Waals surface area contributed by atoms with Crippen LogP contribution in [0.2, 0.25) is 0 Å². The number of rotatable bonds is 8. The molecule has 0 aliphatic heterocycles. The third kappa shape index (κ3) is 12.5. The maximum atomic E-state index is 8.32. The van der Waals surface area contributed by atoms with E-state index < -0.39 is 0 Å². The van der Waals surface area contributed by atoms with Crippen LogP contribution < -0.4 is 0 Å². The van der Waals surface area contributed by atoms with Crippen LogP contribution in [-0.4, -0.2) is 57.3 Å². The van der Waals surface area contributed by atoms with Gasteiger partial charge in [-0.25, -0.2) is 0 Å². The zero-order valence-electron chi connectivity index (χ0n) is 7.41. The van der Waals surface area contributed by atoms with Gasteiger partial charge in [0.2, 0.25) is 0 Å². The molecular weight excluding hydrogens is 164 g/mol. The van der Waals surface area contributed by atoms with Gasteiger partial charge in [-0.05, 0) is 0 Å². The highest BCUT2D eigenvalue weighted by Crippen LogP contribution is 1.78. The molecule has 0 aromatic rings. The van der Waals surface area contributed by atoms with Gasteiger partial charge in [0.1, 0.15) is 0 Å². The Kier molecular flexibility index (Phi) is 16.0. The highest BCUT2D eigenvalue weighted by molar-refractivity contribution is 4.31. The van der Waals surface area contributed by atoms with Crippen LogP contribution in [0.5, 0.6) is 0 Å². The summed E-state index contributed by atoms with van der Waals surface area (Å²) in [5, 5.41) is 8.32. The van der Waals surface area contributed by atoms with Crippen molar-refractivity contribution < 1.29 is 24.8 Å². The summed E-state index contributed by atoms with van der Waals surface area (Å²) in [5.41, 5.74) is 0. The fourth-order valence-corrected chi connectivity index (χ4v) is 0.529. The van der Waals surface area contributed by atoms with Gasteiger partial charge in [0, 0.05) is 7.11 Å². The minimum atomic E-state index is 0. The average Bonchev–Trinajstić information content (AvgIpc) is 2.03. The van der Waals surface area contributed by atoms with Crippen LogP contribution in [-0.2, 0) is 14.2 Å². The molecule has 3 N–H and O–H groups in total. The van der Waals surface area contributed by atoms with E-state index >= 15 is 0 Å². The van der Waals surface area contributed by atoms with Crippen LogP contribution in [0.25, 0.3) is 0 Å². The van der Waals surface area contributed by atoms with Gasteiger partial charge in [-0.2, -0.15) is 0 Å². The van der Waals surface area contributed by atoms with Crippen molar-refractivity contribution in [3.05, 3.63) is 0 Å². The van der Waals surface area contributed by atoms with Crippen LogP contribution in [0, 0.1) is 0 Å². The molecule has 76 valence electrons. The lowest BCUT2D eigenvalue weighted by Gasteiger charge is -2.03. The van der Waals surface area contributed by atoms with Gasteiger partial charge in [-0.15, -0.1) is 0 Å². The first-order valence-electron chi connectivity index (χ1n) is 3.67. The molecule has 5 heteroatoms. The van der Waals surface area contributed by atoms with E-state index in [1.54, 1.807) is 7.11 Å². The van der Waals surface area contributed by atoms with Gasteiger partial charge in [0.05, 0.1) is 39.6 Å². The molecule has 0 saturated carbocycles. The van der Waals surface area contributed by atoms with Gasteiger partial charge in [0.25, 0.3) is 0 Å². The van der Waals surface area contributed by atoms with E-state index in [1.165, 1.54) is 0 Å². The normalized spacial score (nSPS) is 9.50. The second kappa shape index (κ2) is 13.4. The lowest BCUT2D eigenvalue weighted by Crippen LogP contribution is -2.09. The van der Waals surface area contributed by atoms with Gasteiger partial charge < -0.3 is 24.8 Å².